The van der Waals surface area contributed by atoms with E-state index in [-0.39, 0.29) is 20.8 Å². The van der Waals surface area contributed by atoms with Gasteiger partial charge in [0.15, 0.2) is 11.6 Å². The molecule has 25 heavy (non-hydrogen) atoms. The number of rotatable bonds is 5. The highest BCUT2D eigenvalue weighted by Crippen LogP contribution is 2.29. The lowest BCUT2D eigenvalue weighted by molar-refractivity contribution is 0.601. The third-order valence-electron chi connectivity index (χ3n) is 3.33. The third-order valence-corrected chi connectivity index (χ3v) is 5.38. The lowest BCUT2D eigenvalue weighted by atomic mass is 10.3. The van der Waals surface area contributed by atoms with E-state index in [9.17, 15) is 8.42 Å². The number of hydrogen-bond donors (Lipinski definition) is 2. The smallest absolute Gasteiger partial charge is 0.264 e. The molecule has 0 aliphatic carbocycles. The van der Waals surface area contributed by atoms with E-state index in [1.807, 2.05) is 13.0 Å². The van der Waals surface area contributed by atoms with E-state index in [0.717, 1.165) is 0 Å². The Hall–Kier alpha value is -2.09. The highest BCUT2D eigenvalue weighted by molar-refractivity contribution is 7.92. The summed E-state index contributed by atoms with van der Waals surface area (Å²) in [4.78, 5) is 8.66. The molecule has 0 fully saturated rings. The van der Waals surface area contributed by atoms with Crippen molar-refractivity contribution in [3.8, 4) is 0 Å². The molecule has 3 rings (SSSR count). The minimum atomic E-state index is -3.98. The van der Waals surface area contributed by atoms with Crippen molar-refractivity contribution in [2.75, 3.05) is 16.6 Å². The number of sulfonamides is 1. The molecule has 0 radical (unpaired) electrons. The molecule has 0 saturated carbocycles. The number of halogens is 2. The molecule has 0 saturated heterocycles. The summed E-state index contributed by atoms with van der Waals surface area (Å²) in [6, 6.07) is 11.4. The lowest BCUT2D eigenvalue weighted by Gasteiger charge is -2.13. The first kappa shape index (κ1) is 17.7. The normalized spacial score (nSPS) is 11.5. The zero-order valence-corrected chi connectivity index (χ0v) is 15.5. The summed E-state index contributed by atoms with van der Waals surface area (Å²) >= 11 is 11.9. The monoisotopic (exact) mass is 396 g/mol. The van der Waals surface area contributed by atoms with Crippen molar-refractivity contribution in [2.45, 2.75) is 11.8 Å². The number of aromatic nitrogens is 2. The summed E-state index contributed by atoms with van der Waals surface area (Å²) in [7, 11) is -3.98. The molecule has 0 aliphatic rings. The van der Waals surface area contributed by atoms with Crippen molar-refractivity contribution in [2.24, 2.45) is 0 Å². The van der Waals surface area contributed by atoms with Crippen LogP contribution in [0.5, 0.6) is 0 Å². The van der Waals surface area contributed by atoms with E-state index >= 15 is 0 Å². The molecule has 6 nitrogen and oxygen atoms in total. The fraction of sp³-hybridized carbons (Fsp3) is 0.125. The lowest BCUT2D eigenvalue weighted by Crippen LogP contribution is -2.17. The minimum absolute atomic E-state index is 0.0654. The van der Waals surface area contributed by atoms with Gasteiger partial charge in [0.1, 0.15) is 4.90 Å². The van der Waals surface area contributed by atoms with Crippen LogP contribution >= 0.6 is 23.2 Å². The van der Waals surface area contributed by atoms with Gasteiger partial charge in [-0.15, -0.1) is 0 Å². The standard InChI is InChI=1S/C16H14Cl2N4O2S/c1-2-19-15-16(21-13-6-4-3-5-12(13)20-15)22-25(23,24)14-9-10(17)7-8-11(14)18/h3-9H,2H2,1H3,(H,19,20)(H,21,22). The summed E-state index contributed by atoms with van der Waals surface area (Å²) in [6.45, 7) is 2.43. The number of nitrogens with zero attached hydrogens (tertiary/aromatic N) is 2. The summed E-state index contributed by atoms with van der Waals surface area (Å²) in [5.41, 5.74) is 1.22. The van der Waals surface area contributed by atoms with Gasteiger partial charge >= 0.3 is 0 Å². The zero-order chi connectivity index (χ0) is 18.0. The minimum Gasteiger partial charge on any atom is -0.367 e. The molecule has 1 heterocycles. The van der Waals surface area contributed by atoms with Crippen molar-refractivity contribution < 1.29 is 8.42 Å². The first-order chi connectivity index (χ1) is 11.9. The van der Waals surface area contributed by atoms with Crippen molar-refractivity contribution in [3.63, 3.8) is 0 Å². The van der Waals surface area contributed by atoms with E-state index in [4.69, 9.17) is 23.2 Å². The van der Waals surface area contributed by atoms with Crippen LogP contribution in [-0.4, -0.2) is 24.9 Å². The van der Waals surface area contributed by atoms with Crippen LogP contribution in [0.3, 0.4) is 0 Å². The first-order valence-electron chi connectivity index (χ1n) is 7.39. The van der Waals surface area contributed by atoms with Crippen molar-refractivity contribution >= 4 is 55.9 Å². The molecular formula is C16H14Cl2N4O2S. The van der Waals surface area contributed by atoms with Gasteiger partial charge in [-0.05, 0) is 37.3 Å². The number of anilines is 2. The molecule has 2 N–H and O–H groups in total. The number of fused-ring (bicyclic) bond motifs is 1. The molecule has 2 aromatic carbocycles. The Bertz CT molecular complexity index is 1040. The van der Waals surface area contributed by atoms with Gasteiger partial charge in [0.2, 0.25) is 0 Å². The van der Waals surface area contributed by atoms with Crippen LogP contribution in [0.25, 0.3) is 11.0 Å². The predicted octanol–water partition coefficient (Wildman–Crippen LogP) is 4.17. The van der Waals surface area contributed by atoms with Crippen LogP contribution < -0.4 is 10.0 Å². The second-order valence-electron chi connectivity index (χ2n) is 5.12. The van der Waals surface area contributed by atoms with Gasteiger partial charge in [0.05, 0.1) is 16.1 Å². The molecule has 0 unspecified atom stereocenters. The quantitative estimate of drug-likeness (QED) is 0.675. The molecular weight excluding hydrogens is 383 g/mol. The van der Waals surface area contributed by atoms with E-state index in [1.54, 1.807) is 18.2 Å². The van der Waals surface area contributed by atoms with Gasteiger partial charge in [0, 0.05) is 11.6 Å². The van der Waals surface area contributed by atoms with Crippen molar-refractivity contribution in [3.05, 3.63) is 52.5 Å². The van der Waals surface area contributed by atoms with Crippen LogP contribution in [0.4, 0.5) is 11.6 Å². The van der Waals surface area contributed by atoms with E-state index in [2.05, 4.69) is 20.0 Å². The van der Waals surface area contributed by atoms with E-state index in [1.165, 1.54) is 18.2 Å². The van der Waals surface area contributed by atoms with Crippen LogP contribution in [0.1, 0.15) is 6.92 Å². The Morgan fingerprint density at radius 2 is 1.64 bits per heavy atom. The SMILES string of the molecule is CCNc1nc2ccccc2nc1NS(=O)(=O)c1cc(Cl)ccc1Cl. The Morgan fingerprint density at radius 1 is 1.00 bits per heavy atom. The average molecular weight is 397 g/mol. The third kappa shape index (κ3) is 3.78. The van der Waals surface area contributed by atoms with Crippen molar-refractivity contribution in [1.82, 2.24) is 9.97 Å². The highest BCUT2D eigenvalue weighted by atomic mass is 35.5. The first-order valence-corrected chi connectivity index (χ1v) is 9.63. The Balaban J connectivity index is 2.09. The van der Waals surface area contributed by atoms with E-state index in [0.29, 0.717) is 23.4 Å². The molecule has 3 aromatic rings. The van der Waals surface area contributed by atoms with E-state index < -0.39 is 10.0 Å². The number of benzene rings is 2. The topological polar surface area (TPSA) is 84.0 Å². The molecule has 0 amide bonds. The van der Waals surface area contributed by atoms with Gasteiger partial charge in [-0.2, -0.15) is 0 Å². The van der Waals surface area contributed by atoms with Gasteiger partial charge in [0.25, 0.3) is 10.0 Å². The van der Waals surface area contributed by atoms with Crippen LogP contribution in [0.15, 0.2) is 47.4 Å². The Morgan fingerprint density at radius 3 is 2.28 bits per heavy atom. The summed E-state index contributed by atoms with van der Waals surface area (Å²) in [6.07, 6.45) is 0. The summed E-state index contributed by atoms with van der Waals surface area (Å²) < 4.78 is 27.9. The summed E-state index contributed by atoms with van der Waals surface area (Å²) in [5.74, 6) is 0.430. The number of para-hydroxylation sites is 2. The summed E-state index contributed by atoms with van der Waals surface area (Å²) in [5, 5.41) is 3.34. The van der Waals surface area contributed by atoms with Gasteiger partial charge in [-0.1, -0.05) is 35.3 Å². The fourth-order valence-electron chi connectivity index (χ4n) is 2.23. The molecule has 0 aliphatic heterocycles. The van der Waals surface area contributed by atoms with Crippen LogP contribution in [-0.2, 0) is 10.0 Å². The van der Waals surface area contributed by atoms with Gasteiger partial charge in [-0.3, -0.25) is 4.72 Å². The van der Waals surface area contributed by atoms with Crippen molar-refractivity contribution in [1.29, 1.82) is 0 Å². The maximum absolute atomic E-state index is 12.7. The van der Waals surface area contributed by atoms with Gasteiger partial charge in [-0.25, -0.2) is 18.4 Å². The van der Waals surface area contributed by atoms with Gasteiger partial charge < -0.3 is 5.32 Å². The average Bonchev–Trinajstić information content (AvgIpc) is 2.57. The largest absolute Gasteiger partial charge is 0.367 e. The second-order valence-corrected chi connectivity index (χ2v) is 7.61. The van der Waals surface area contributed by atoms with Crippen LogP contribution in [0, 0.1) is 0 Å². The number of hydrogen-bond acceptors (Lipinski definition) is 5. The zero-order valence-electron chi connectivity index (χ0n) is 13.1. The fourth-order valence-corrected chi connectivity index (χ4v) is 4.00. The molecule has 0 spiro atoms. The maximum Gasteiger partial charge on any atom is 0.264 e. The number of nitrogens with one attached hydrogen (secondary N) is 2. The molecule has 1 aromatic heterocycles. The molecule has 0 bridgehead atoms. The Kier molecular flexibility index (Phi) is 4.99. The molecule has 9 heteroatoms. The molecule has 0 atom stereocenters. The second kappa shape index (κ2) is 7.03. The highest BCUT2D eigenvalue weighted by Gasteiger charge is 2.21. The predicted molar refractivity (Wildman–Crippen MR) is 101 cm³/mol. The molecule has 130 valence electrons. The maximum atomic E-state index is 12.7. The van der Waals surface area contributed by atoms with Crippen LogP contribution in [0.2, 0.25) is 10.0 Å². The Labute approximate surface area is 155 Å².